The van der Waals surface area contributed by atoms with E-state index in [9.17, 15) is 28.6 Å². The minimum Gasteiger partial charge on any atom is -0.474 e. The molecule has 3 N–H and O–H groups in total. The van der Waals surface area contributed by atoms with Crippen molar-refractivity contribution in [3.05, 3.63) is 70.7 Å². The Balaban J connectivity index is 1.09. The number of aliphatic hydroxyl groups excluding tert-OH is 1. The molecule has 1 aromatic carbocycles. The first-order valence-electron chi connectivity index (χ1n) is 17.8. The van der Waals surface area contributed by atoms with Gasteiger partial charge >= 0.3 is 22.6 Å². The molecule has 4 aromatic rings. The van der Waals surface area contributed by atoms with Crippen LogP contribution in [0.15, 0.2) is 54.0 Å². The fraction of sp³-hybridized carbons (Fsp3) is 0.500. The normalized spacial score (nSPS) is 26.8. The summed E-state index contributed by atoms with van der Waals surface area (Å²) in [6.07, 6.45) is -2.22. The van der Waals surface area contributed by atoms with Crippen molar-refractivity contribution in [2.24, 2.45) is 5.92 Å². The van der Waals surface area contributed by atoms with Gasteiger partial charge in [0.05, 0.1) is 6.33 Å². The Hall–Kier alpha value is -4.85. The first-order valence-corrected chi connectivity index (χ1v) is 20.0. The lowest BCUT2D eigenvalue weighted by atomic mass is 10.1. The van der Waals surface area contributed by atoms with Crippen molar-refractivity contribution < 1.29 is 56.1 Å². The van der Waals surface area contributed by atoms with E-state index in [4.69, 9.17) is 32.3 Å². The van der Waals surface area contributed by atoms with Crippen molar-refractivity contribution in [1.82, 2.24) is 34.4 Å². The highest BCUT2D eigenvalue weighted by atomic mass is 31.1. The fourth-order valence-electron chi connectivity index (χ4n) is 6.60. The molecule has 2 unspecified atom stereocenters. The molecule has 1 aliphatic carbocycles. The molecule has 302 valence electrons. The second-order valence-corrected chi connectivity index (χ2v) is 16.3. The number of aliphatic hydroxyl groups is 1. The molecule has 2 saturated heterocycles. The average Bonchev–Trinajstić information content (AvgIpc) is 3.84. The summed E-state index contributed by atoms with van der Waals surface area (Å²) in [7, 11) is -4.07. The molecule has 2 aliphatic heterocycles. The van der Waals surface area contributed by atoms with E-state index < -0.39 is 82.8 Å². The maximum Gasteiger partial charge on any atom is 0.697 e. The van der Waals surface area contributed by atoms with Crippen LogP contribution in [0.4, 0.5) is 10.7 Å². The lowest BCUT2D eigenvalue weighted by Gasteiger charge is -2.25. The van der Waals surface area contributed by atoms with Crippen LogP contribution >= 0.6 is 16.5 Å². The van der Waals surface area contributed by atoms with Crippen LogP contribution in [0, 0.1) is 5.92 Å². The van der Waals surface area contributed by atoms with Crippen molar-refractivity contribution in [2.75, 3.05) is 25.6 Å². The van der Waals surface area contributed by atoms with Crippen molar-refractivity contribution in [1.29, 1.82) is 0 Å². The van der Waals surface area contributed by atoms with Gasteiger partial charge < -0.3 is 24.2 Å². The monoisotopic (exact) mass is 830 g/mol. The van der Waals surface area contributed by atoms with Crippen molar-refractivity contribution in [3.8, 4) is 5.88 Å². The van der Waals surface area contributed by atoms with E-state index in [1.807, 2.05) is 0 Å². The summed E-state index contributed by atoms with van der Waals surface area (Å²) in [6.45, 7) is 4.70. The molecule has 21 nitrogen and oxygen atoms in total. The SMILES string of the molecule is CN(Cc1ccccc1C(=O)Nc1nc2c(ncn2[C@@H]2O[C@@H]3CO[P+](=O)O[C@H]4C[C@H](Oc5ccncn5)C[C@@H]4CO[P+](=O)O[C@@H]2[C@@H]3O)c(=O)[nH]1)C(=O)OC(C)(C)C. The van der Waals surface area contributed by atoms with Gasteiger partial charge in [0, 0.05) is 52.9 Å². The maximum absolute atomic E-state index is 13.6. The van der Waals surface area contributed by atoms with Gasteiger partial charge in [0.2, 0.25) is 11.8 Å². The number of carbonyl (C=O) groups is 2. The Bertz CT molecular complexity index is 2200. The third kappa shape index (κ3) is 9.48. The third-order valence-corrected chi connectivity index (χ3v) is 10.8. The van der Waals surface area contributed by atoms with Crippen LogP contribution in [-0.2, 0) is 43.2 Å². The number of ether oxygens (including phenoxy) is 3. The van der Waals surface area contributed by atoms with Gasteiger partial charge in [-0.3, -0.25) is 24.5 Å². The Kier molecular flexibility index (Phi) is 12.0. The summed E-state index contributed by atoms with van der Waals surface area (Å²) in [5, 5.41) is 13.9. The summed E-state index contributed by atoms with van der Waals surface area (Å²) in [6, 6.07) is 8.17. The average molecular weight is 831 g/mol. The van der Waals surface area contributed by atoms with Crippen LogP contribution in [0.2, 0.25) is 0 Å². The number of carbonyl (C=O) groups excluding carboxylic acids is 2. The lowest BCUT2D eigenvalue weighted by Crippen LogP contribution is -2.34. The topological polar surface area (TPSA) is 258 Å². The Morgan fingerprint density at radius 3 is 2.61 bits per heavy atom. The number of hydrogen-bond acceptors (Lipinski definition) is 17. The Labute approximate surface area is 326 Å². The summed E-state index contributed by atoms with van der Waals surface area (Å²) >= 11 is 0. The molecule has 0 spiro atoms. The van der Waals surface area contributed by atoms with Crippen LogP contribution in [0.3, 0.4) is 0 Å². The lowest BCUT2D eigenvalue weighted by molar-refractivity contribution is -0.0481. The van der Waals surface area contributed by atoms with Gasteiger partial charge in [0.25, 0.3) is 11.5 Å². The highest BCUT2D eigenvalue weighted by Gasteiger charge is 2.54. The predicted molar refractivity (Wildman–Crippen MR) is 196 cm³/mol. The summed E-state index contributed by atoms with van der Waals surface area (Å²) in [5.41, 5.74) is -1.00. The molecular formula is C34H40N8O13P2+2. The third-order valence-electron chi connectivity index (χ3n) is 9.22. The van der Waals surface area contributed by atoms with Gasteiger partial charge in [-0.15, -0.1) is 18.1 Å². The Morgan fingerprint density at radius 1 is 1.07 bits per heavy atom. The zero-order valence-corrected chi connectivity index (χ0v) is 32.9. The molecular weight excluding hydrogens is 790 g/mol. The molecule has 3 fully saturated rings. The summed E-state index contributed by atoms with van der Waals surface area (Å²) in [5.74, 6) is -0.982. The number of rotatable bonds is 7. The molecule has 23 heteroatoms. The van der Waals surface area contributed by atoms with Crippen molar-refractivity contribution >= 4 is 45.6 Å². The van der Waals surface area contributed by atoms with Gasteiger partial charge in [-0.1, -0.05) is 18.2 Å². The van der Waals surface area contributed by atoms with E-state index in [0.29, 0.717) is 24.3 Å². The molecule has 2 bridgehead atoms. The number of aromatic nitrogens is 6. The number of benzene rings is 1. The van der Waals surface area contributed by atoms with E-state index in [2.05, 4.69) is 30.2 Å². The largest absolute Gasteiger partial charge is 0.697 e. The molecule has 7 rings (SSSR count). The second kappa shape index (κ2) is 16.9. The number of nitrogens with one attached hydrogen (secondary N) is 2. The smallest absolute Gasteiger partial charge is 0.474 e. The molecule has 3 aromatic heterocycles. The number of amides is 2. The Morgan fingerprint density at radius 2 is 1.84 bits per heavy atom. The molecule has 9 atom stereocenters. The van der Waals surface area contributed by atoms with E-state index in [-0.39, 0.29) is 41.9 Å². The van der Waals surface area contributed by atoms with Gasteiger partial charge in [-0.2, -0.15) is 4.98 Å². The van der Waals surface area contributed by atoms with Crippen LogP contribution in [0.25, 0.3) is 11.2 Å². The number of hydrogen-bond donors (Lipinski definition) is 3. The van der Waals surface area contributed by atoms with E-state index in [0.717, 1.165) is 0 Å². The molecule has 1 saturated carbocycles. The van der Waals surface area contributed by atoms with Gasteiger partial charge in [0.1, 0.15) is 49.6 Å². The number of imidazole rings is 1. The van der Waals surface area contributed by atoms with Crippen LogP contribution in [0.5, 0.6) is 5.88 Å². The zero-order valence-electron chi connectivity index (χ0n) is 31.1. The quantitative estimate of drug-likeness (QED) is 0.224. The molecule has 57 heavy (non-hydrogen) atoms. The zero-order chi connectivity index (χ0) is 40.4. The fourth-order valence-corrected chi connectivity index (χ4v) is 8.21. The number of aromatic amines is 1. The summed E-state index contributed by atoms with van der Waals surface area (Å²) < 4.78 is 67.5. The number of anilines is 1. The standard InChI is InChI=1S/C34H38N8O13P2/c1-34(2,3)53-33(46)41(4)13-18-7-5-6-8-21(18)29(44)39-32-38-28-25(30(45)40-32)37-17-42(28)31-27-26(43)23(52-31)15-50-56(47)54-22-12-20(51-24-9-10-35-16-36-24)11-19(22)14-49-57(48)55-27/h5-10,16-17,19-20,22-23,26-27,31,43H,11-15H2,1-4H3/p+2/t19-,20-,22+,23-,26-,27-,31-/m1/s1. The van der Waals surface area contributed by atoms with E-state index in [1.54, 1.807) is 51.1 Å². The molecule has 2 amide bonds. The minimum atomic E-state index is -2.88. The van der Waals surface area contributed by atoms with Crippen LogP contribution in [0.1, 0.15) is 55.8 Å². The van der Waals surface area contributed by atoms with E-state index in [1.165, 1.54) is 35.4 Å². The number of nitrogens with zero attached hydrogens (tertiary/aromatic N) is 6. The number of fused-ring (bicyclic) bond motifs is 4. The van der Waals surface area contributed by atoms with Crippen LogP contribution in [-0.4, -0.2) is 108 Å². The first-order chi connectivity index (χ1) is 27.2. The van der Waals surface area contributed by atoms with Gasteiger partial charge in [-0.05, 0) is 38.8 Å². The second-order valence-electron chi connectivity index (χ2n) is 14.5. The maximum atomic E-state index is 13.6. The van der Waals surface area contributed by atoms with Gasteiger partial charge in [0.15, 0.2) is 23.5 Å². The van der Waals surface area contributed by atoms with Crippen molar-refractivity contribution in [2.45, 2.75) is 82.5 Å². The predicted octanol–water partition coefficient (Wildman–Crippen LogP) is 3.78. The molecule has 5 heterocycles. The van der Waals surface area contributed by atoms with Gasteiger partial charge in [-0.25, -0.2) is 19.7 Å². The van der Waals surface area contributed by atoms with Crippen LogP contribution < -0.4 is 15.6 Å². The van der Waals surface area contributed by atoms with E-state index >= 15 is 0 Å². The minimum absolute atomic E-state index is 0.0362. The summed E-state index contributed by atoms with van der Waals surface area (Å²) in [4.78, 5) is 59.7. The first kappa shape index (κ1) is 40.4. The molecule has 0 radical (unpaired) electrons. The van der Waals surface area contributed by atoms with Crippen molar-refractivity contribution in [3.63, 3.8) is 0 Å². The number of H-pyrrole nitrogens is 1. The highest BCUT2D eigenvalue weighted by molar-refractivity contribution is 7.33. The highest BCUT2D eigenvalue weighted by Crippen LogP contribution is 2.44. The molecule has 3 aliphatic rings.